The van der Waals surface area contributed by atoms with Crippen LogP contribution in [0.3, 0.4) is 0 Å². The Hall–Kier alpha value is -1.69. The number of hydrogen-bond acceptors (Lipinski definition) is 4. The lowest BCUT2D eigenvalue weighted by molar-refractivity contribution is -0.148. The van der Waals surface area contributed by atoms with Crippen LogP contribution < -0.4 is 10.1 Å². The molecule has 1 fully saturated rings. The molecular formula is C17H23NO4S. The summed E-state index contributed by atoms with van der Waals surface area (Å²) in [6.07, 6.45) is 2.82. The van der Waals surface area contributed by atoms with Gasteiger partial charge in [0.15, 0.2) is 0 Å². The second-order valence-electron chi connectivity index (χ2n) is 5.75. The van der Waals surface area contributed by atoms with Crippen molar-refractivity contribution in [2.45, 2.75) is 37.6 Å². The SMILES string of the molecule is COc1ccc(CCCC(=O)NC2(C(=O)O)CCSCC2)cc1. The van der Waals surface area contributed by atoms with Crippen molar-refractivity contribution in [2.75, 3.05) is 18.6 Å². The number of benzene rings is 1. The first-order valence-corrected chi connectivity index (χ1v) is 8.96. The lowest BCUT2D eigenvalue weighted by atomic mass is 9.92. The van der Waals surface area contributed by atoms with Crippen molar-refractivity contribution in [1.29, 1.82) is 0 Å². The summed E-state index contributed by atoms with van der Waals surface area (Å²) in [5, 5.41) is 12.2. The maximum absolute atomic E-state index is 12.1. The number of amides is 1. The molecule has 2 N–H and O–H groups in total. The fraction of sp³-hybridized carbons (Fsp3) is 0.529. The first-order chi connectivity index (χ1) is 11.1. The number of rotatable bonds is 7. The first kappa shape index (κ1) is 17.7. The summed E-state index contributed by atoms with van der Waals surface area (Å²) in [7, 11) is 1.63. The fourth-order valence-electron chi connectivity index (χ4n) is 2.69. The van der Waals surface area contributed by atoms with Gasteiger partial charge in [-0.15, -0.1) is 0 Å². The van der Waals surface area contributed by atoms with Gasteiger partial charge in [-0.25, -0.2) is 4.79 Å². The molecular weight excluding hydrogens is 314 g/mol. The van der Waals surface area contributed by atoms with Crippen molar-refractivity contribution in [3.05, 3.63) is 29.8 Å². The third-order valence-electron chi connectivity index (χ3n) is 4.16. The summed E-state index contributed by atoms with van der Waals surface area (Å²) in [5.74, 6) is 1.27. The number of carbonyl (C=O) groups excluding carboxylic acids is 1. The van der Waals surface area contributed by atoms with Crippen LogP contribution >= 0.6 is 11.8 Å². The smallest absolute Gasteiger partial charge is 0.329 e. The van der Waals surface area contributed by atoms with Gasteiger partial charge in [-0.1, -0.05) is 12.1 Å². The lowest BCUT2D eigenvalue weighted by Gasteiger charge is -2.33. The summed E-state index contributed by atoms with van der Waals surface area (Å²) >= 11 is 1.73. The van der Waals surface area contributed by atoms with Crippen LogP contribution in [0.1, 0.15) is 31.2 Å². The molecule has 0 atom stereocenters. The van der Waals surface area contributed by atoms with Crippen LogP contribution in [0.25, 0.3) is 0 Å². The predicted molar refractivity (Wildman–Crippen MR) is 91.0 cm³/mol. The van der Waals surface area contributed by atoms with Gasteiger partial charge in [0.1, 0.15) is 11.3 Å². The molecule has 0 spiro atoms. The lowest BCUT2D eigenvalue weighted by Crippen LogP contribution is -2.56. The van der Waals surface area contributed by atoms with Crippen LogP contribution in [-0.2, 0) is 16.0 Å². The van der Waals surface area contributed by atoms with Gasteiger partial charge in [0.2, 0.25) is 5.91 Å². The number of carboxylic acid groups (broad SMARTS) is 1. The average Bonchev–Trinajstić information content (AvgIpc) is 2.56. The standard InChI is InChI=1S/C17H23NO4S/c1-22-14-7-5-13(6-8-14)3-2-4-15(19)18-17(16(20)21)9-11-23-12-10-17/h5-8H,2-4,9-12H2,1H3,(H,18,19)(H,20,21). The molecule has 126 valence electrons. The minimum absolute atomic E-state index is 0.173. The second-order valence-corrected chi connectivity index (χ2v) is 6.97. The summed E-state index contributed by atoms with van der Waals surface area (Å²) in [6.45, 7) is 0. The molecule has 5 nitrogen and oxygen atoms in total. The number of methoxy groups -OCH3 is 1. The Kier molecular flexibility index (Phi) is 6.33. The van der Waals surface area contributed by atoms with Gasteiger partial charge in [0.25, 0.3) is 0 Å². The zero-order valence-corrected chi connectivity index (χ0v) is 14.2. The Balaban J connectivity index is 1.80. The van der Waals surface area contributed by atoms with Crippen LogP contribution in [0.15, 0.2) is 24.3 Å². The first-order valence-electron chi connectivity index (χ1n) is 7.81. The fourth-order valence-corrected chi connectivity index (χ4v) is 3.88. The van der Waals surface area contributed by atoms with E-state index < -0.39 is 11.5 Å². The summed E-state index contributed by atoms with van der Waals surface area (Å²) in [6, 6.07) is 7.75. The maximum atomic E-state index is 12.1. The predicted octanol–water partition coefficient (Wildman–Crippen LogP) is 2.48. The highest BCUT2D eigenvalue weighted by atomic mass is 32.2. The Bertz CT molecular complexity index is 538. The Morgan fingerprint density at radius 3 is 2.48 bits per heavy atom. The van der Waals surface area contributed by atoms with Crippen LogP contribution in [0.5, 0.6) is 5.75 Å². The molecule has 1 aliphatic rings. The molecule has 0 radical (unpaired) electrons. The van der Waals surface area contributed by atoms with E-state index in [9.17, 15) is 14.7 Å². The van der Waals surface area contributed by atoms with E-state index >= 15 is 0 Å². The Labute approximate surface area is 140 Å². The number of hydrogen-bond donors (Lipinski definition) is 2. The van der Waals surface area contributed by atoms with Crippen molar-refractivity contribution >= 4 is 23.6 Å². The topological polar surface area (TPSA) is 75.6 Å². The van der Waals surface area contributed by atoms with Crippen LogP contribution in [0.4, 0.5) is 0 Å². The Morgan fingerprint density at radius 2 is 1.91 bits per heavy atom. The highest BCUT2D eigenvalue weighted by molar-refractivity contribution is 7.99. The van der Waals surface area contributed by atoms with E-state index in [-0.39, 0.29) is 5.91 Å². The van der Waals surface area contributed by atoms with Crippen LogP contribution in [0.2, 0.25) is 0 Å². The van der Waals surface area contributed by atoms with Crippen molar-refractivity contribution in [2.24, 2.45) is 0 Å². The highest BCUT2D eigenvalue weighted by Crippen LogP contribution is 2.27. The van der Waals surface area contributed by atoms with E-state index in [1.54, 1.807) is 18.9 Å². The number of ether oxygens (including phenoxy) is 1. The van der Waals surface area contributed by atoms with E-state index in [0.717, 1.165) is 29.2 Å². The largest absolute Gasteiger partial charge is 0.497 e. The van der Waals surface area contributed by atoms with Gasteiger partial charge in [-0.05, 0) is 54.9 Å². The van der Waals surface area contributed by atoms with Gasteiger partial charge in [0, 0.05) is 6.42 Å². The van der Waals surface area contributed by atoms with Gasteiger partial charge < -0.3 is 15.2 Å². The van der Waals surface area contributed by atoms with E-state index in [0.29, 0.717) is 25.7 Å². The summed E-state index contributed by atoms with van der Waals surface area (Å²) < 4.78 is 5.11. The van der Waals surface area contributed by atoms with E-state index in [1.807, 2.05) is 24.3 Å². The molecule has 1 amide bonds. The molecule has 0 unspecified atom stereocenters. The average molecular weight is 337 g/mol. The van der Waals surface area contributed by atoms with Gasteiger partial charge in [0.05, 0.1) is 7.11 Å². The molecule has 23 heavy (non-hydrogen) atoms. The second kappa shape index (κ2) is 8.24. The van der Waals surface area contributed by atoms with Crippen molar-refractivity contribution in [3.63, 3.8) is 0 Å². The zero-order valence-electron chi connectivity index (χ0n) is 13.3. The molecule has 1 saturated heterocycles. The minimum Gasteiger partial charge on any atom is -0.497 e. The molecule has 2 rings (SSSR count). The Morgan fingerprint density at radius 1 is 1.26 bits per heavy atom. The monoisotopic (exact) mass is 337 g/mol. The summed E-state index contributed by atoms with van der Waals surface area (Å²) in [5.41, 5.74) is 0.0724. The molecule has 1 aromatic carbocycles. The van der Waals surface area contributed by atoms with Gasteiger partial charge in [-0.2, -0.15) is 11.8 Å². The molecule has 1 aromatic rings. The quantitative estimate of drug-likeness (QED) is 0.799. The van der Waals surface area contributed by atoms with Gasteiger partial charge in [-0.3, -0.25) is 4.79 Å². The normalized spacial score (nSPS) is 16.6. The number of aryl methyl sites for hydroxylation is 1. The molecule has 1 heterocycles. The van der Waals surface area contributed by atoms with Crippen molar-refractivity contribution in [3.8, 4) is 5.75 Å². The third-order valence-corrected chi connectivity index (χ3v) is 5.15. The third kappa shape index (κ3) is 4.89. The highest BCUT2D eigenvalue weighted by Gasteiger charge is 2.40. The van der Waals surface area contributed by atoms with Crippen LogP contribution in [0, 0.1) is 0 Å². The number of nitrogens with one attached hydrogen (secondary N) is 1. The minimum atomic E-state index is -1.07. The van der Waals surface area contributed by atoms with E-state index in [2.05, 4.69) is 5.32 Å². The van der Waals surface area contributed by atoms with Crippen molar-refractivity contribution < 1.29 is 19.4 Å². The zero-order chi connectivity index (χ0) is 16.7. The molecule has 0 aliphatic carbocycles. The van der Waals surface area contributed by atoms with Crippen LogP contribution in [-0.4, -0.2) is 41.1 Å². The number of carbonyl (C=O) groups is 2. The molecule has 0 saturated carbocycles. The molecule has 6 heteroatoms. The molecule has 0 bridgehead atoms. The molecule has 0 aromatic heterocycles. The number of thioether (sulfide) groups is 1. The van der Waals surface area contributed by atoms with E-state index in [1.165, 1.54) is 0 Å². The summed E-state index contributed by atoms with van der Waals surface area (Å²) in [4.78, 5) is 23.6. The molecule has 1 aliphatic heterocycles. The van der Waals surface area contributed by atoms with E-state index in [4.69, 9.17) is 4.74 Å². The maximum Gasteiger partial charge on any atom is 0.329 e. The number of aliphatic carboxylic acids is 1. The van der Waals surface area contributed by atoms with Gasteiger partial charge >= 0.3 is 5.97 Å². The van der Waals surface area contributed by atoms with Crippen molar-refractivity contribution in [1.82, 2.24) is 5.32 Å². The number of carboxylic acids is 1.